The Hall–Kier alpha value is -1.27. The highest BCUT2D eigenvalue weighted by molar-refractivity contribution is 7.90. The van der Waals surface area contributed by atoms with Crippen molar-refractivity contribution in [1.82, 2.24) is 4.31 Å². The molecule has 1 aromatic rings. The lowest BCUT2D eigenvalue weighted by molar-refractivity contribution is 0.314. The summed E-state index contributed by atoms with van der Waals surface area (Å²) in [6.07, 6.45) is 0. The maximum absolute atomic E-state index is 12.0. The van der Waals surface area contributed by atoms with Gasteiger partial charge >= 0.3 is 10.2 Å². The summed E-state index contributed by atoms with van der Waals surface area (Å²) < 4.78 is 32.1. The Labute approximate surface area is 95.4 Å². The maximum atomic E-state index is 12.0. The molecular weight excluding hydrogens is 228 g/mol. The van der Waals surface area contributed by atoms with Crippen LogP contribution in [0, 0.1) is 0 Å². The minimum atomic E-state index is -3.43. The van der Waals surface area contributed by atoms with E-state index in [1.807, 2.05) is 6.07 Å². The molecule has 16 heavy (non-hydrogen) atoms. The van der Waals surface area contributed by atoms with E-state index in [4.69, 9.17) is 4.74 Å². The molecule has 0 aromatic heterocycles. The Morgan fingerprint density at radius 1 is 1.31 bits per heavy atom. The molecule has 0 N–H and O–H groups in total. The average Bonchev–Trinajstić information content (AvgIpc) is 2.28. The molecule has 0 unspecified atom stereocenters. The lowest BCUT2D eigenvalue weighted by Crippen LogP contribution is -2.44. The first kappa shape index (κ1) is 11.2. The molecule has 0 fully saturated rings. The van der Waals surface area contributed by atoms with Gasteiger partial charge in [-0.05, 0) is 12.1 Å². The Morgan fingerprint density at radius 3 is 2.69 bits per heavy atom. The smallest absolute Gasteiger partial charge is 0.303 e. The van der Waals surface area contributed by atoms with Crippen LogP contribution < -0.4 is 9.04 Å². The Bertz CT molecular complexity index is 485. The second-order valence-corrected chi connectivity index (χ2v) is 5.75. The van der Waals surface area contributed by atoms with Gasteiger partial charge in [-0.2, -0.15) is 12.7 Å². The molecule has 0 bridgehead atoms. The van der Waals surface area contributed by atoms with Crippen molar-refractivity contribution >= 4 is 15.9 Å². The van der Waals surface area contributed by atoms with Crippen LogP contribution in [0.1, 0.15) is 0 Å². The minimum Gasteiger partial charge on any atom is -0.489 e. The second-order valence-electron chi connectivity index (χ2n) is 3.68. The van der Waals surface area contributed by atoms with Gasteiger partial charge in [0.1, 0.15) is 12.4 Å². The van der Waals surface area contributed by atoms with Gasteiger partial charge < -0.3 is 4.74 Å². The van der Waals surface area contributed by atoms with E-state index in [1.165, 1.54) is 22.7 Å². The third kappa shape index (κ3) is 1.74. The zero-order valence-electron chi connectivity index (χ0n) is 9.25. The largest absolute Gasteiger partial charge is 0.489 e. The van der Waals surface area contributed by atoms with Gasteiger partial charge in [0.05, 0.1) is 12.2 Å². The van der Waals surface area contributed by atoms with E-state index in [9.17, 15) is 8.42 Å². The van der Waals surface area contributed by atoms with Crippen LogP contribution in [0.2, 0.25) is 0 Å². The molecule has 1 aliphatic rings. The molecule has 6 heteroatoms. The molecular formula is C10H14N2O3S. The summed E-state index contributed by atoms with van der Waals surface area (Å²) in [5, 5.41) is 0. The molecule has 1 heterocycles. The number of ether oxygens (including phenoxy) is 1. The average molecular weight is 242 g/mol. The number of fused-ring (bicyclic) bond motifs is 1. The number of rotatable bonds is 2. The van der Waals surface area contributed by atoms with Crippen molar-refractivity contribution in [2.45, 2.75) is 0 Å². The molecule has 0 radical (unpaired) electrons. The van der Waals surface area contributed by atoms with Crippen molar-refractivity contribution in [2.75, 3.05) is 31.6 Å². The van der Waals surface area contributed by atoms with E-state index in [0.717, 1.165) is 0 Å². The van der Waals surface area contributed by atoms with Crippen LogP contribution in [0.15, 0.2) is 24.3 Å². The highest BCUT2D eigenvalue weighted by Gasteiger charge is 2.29. The SMILES string of the molecule is CN(C)S(=O)(=O)N1CCOc2ccccc21. The summed E-state index contributed by atoms with van der Waals surface area (Å²) in [5.74, 6) is 0.610. The molecule has 0 aliphatic carbocycles. The van der Waals surface area contributed by atoms with E-state index < -0.39 is 10.2 Å². The normalized spacial score (nSPS) is 15.8. The first-order chi connectivity index (χ1) is 7.53. The predicted octanol–water partition coefficient (Wildman–Crippen LogP) is 0.692. The van der Waals surface area contributed by atoms with Crippen LogP contribution in [0.5, 0.6) is 5.75 Å². The molecule has 0 atom stereocenters. The van der Waals surface area contributed by atoms with Crippen molar-refractivity contribution < 1.29 is 13.2 Å². The van der Waals surface area contributed by atoms with Gasteiger partial charge in [0.25, 0.3) is 0 Å². The third-order valence-electron chi connectivity index (χ3n) is 2.43. The number of benzene rings is 1. The number of nitrogens with zero attached hydrogens (tertiary/aromatic N) is 2. The summed E-state index contributed by atoms with van der Waals surface area (Å²) in [7, 11) is -0.384. The van der Waals surface area contributed by atoms with E-state index >= 15 is 0 Å². The van der Waals surface area contributed by atoms with Gasteiger partial charge in [-0.1, -0.05) is 12.1 Å². The number of hydrogen-bond acceptors (Lipinski definition) is 3. The van der Waals surface area contributed by atoms with E-state index in [2.05, 4.69) is 0 Å². The van der Waals surface area contributed by atoms with Crippen molar-refractivity contribution in [3.63, 3.8) is 0 Å². The molecule has 2 rings (SSSR count). The summed E-state index contributed by atoms with van der Waals surface area (Å²) in [6, 6.07) is 7.14. The second kappa shape index (κ2) is 3.95. The van der Waals surface area contributed by atoms with Crippen molar-refractivity contribution in [3.8, 4) is 5.75 Å². The number of hydrogen-bond donors (Lipinski definition) is 0. The minimum absolute atomic E-state index is 0.345. The summed E-state index contributed by atoms with van der Waals surface area (Å²) in [6.45, 7) is 0.724. The van der Waals surface area contributed by atoms with Crippen molar-refractivity contribution in [1.29, 1.82) is 0 Å². The number of anilines is 1. The van der Waals surface area contributed by atoms with Crippen LogP contribution in [-0.2, 0) is 10.2 Å². The zero-order chi connectivity index (χ0) is 11.8. The van der Waals surface area contributed by atoms with Gasteiger partial charge in [0, 0.05) is 14.1 Å². The van der Waals surface area contributed by atoms with E-state index in [-0.39, 0.29) is 0 Å². The standard InChI is InChI=1S/C10H14N2O3S/c1-11(2)16(13,14)12-7-8-15-10-6-4-3-5-9(10)12/h3-6H,7-8H2,1-2H3. The monoisotopic (exact) mass is 242 g/mol. The highest BCUT2D eigenvalue weighted by Crippen LogP contribution is 2.33. The quantitative estimate of drug-likeness (QED) is 0.766. The molecule has 88 valence electrons. The fourth-order valence-corrected chi connectivity index (χ4v) is 2.68. The zero-order valence-corrected chi connectivity index (χ0v) is 10.1. The lowest BCUT2D eigenvalue weighted by Gasteiger charge is -2.32. The van der Waals surface area contributed by atoms with E-state index in [1.54, 1.807) is 18.2 Å². The van der Waals surface area contributed by atoms with Crippen molar-refractivity contribution in [2.24, 2.45) is 0 Å². The van der Waals surface area contributed by atoms with Gasteiger partial charge in [-0.3, -0.25) is 4.31 Å². The molecule has 1 aromatic carbocycles. The van der Waals surface area contributed by atoms with E-state index in [0.29, 0.717) is 24.6 Å². The summed E-state index contributed by atoms with van der Waals surface area (Å²) in [5.41, 5.74) is 0.599. The molecule has 0 amide bonds. The van der Waals surface area contributed by atoms with Gasteiger partial charge in [-0.15, -0.1) is 0 Å². The molecule has 5 nitrogen and oxygen atoms in total. The molecule has 0 spiro atoms. The van der Waals surface area contributed by atoms with Crippen LogP contribution >= 0.6 is 0 Å². The van der Waals surface area contributed by atoms with Gasteiger partial charge in [-0.25, -0.2) is 0 Å². The summed E-state index contributed by atoms with van der Waals surface area (Å²) in [4.78, 5) is 0. The first-order valence-corrected chi connectivity index (χ1v) is 6.35. The first-order valence-electron chi connectivity index (χ1n) is 4.95. The fraction of sp³-hybridized carbons (Fsp3) is 0.400. The Kier molecular flexibility index (Phi) is 2.77. The molecule has 0 saturated heterocycles. The fourth-order valence-electron chi connectivity index (χ4n) is 1.58. The van der Waals surface area contributed by atoms with Gasteiger partial charge in [0.15, 0.2) is 0 Å². The van der Waals surface area contributed by atoms with Gasteiger partial charge in [0.2, 0.25) is 0 Å². The Balaban J connectivity index is 2.47. The topological polar surface area (TPSA) is 49.9 Å². The number of para-hydroxylation sites is 2. The third-order valence-corrected chi connectivity index (χ3v) is 4.29. The molecule has 0 saturated carbocycles. The summed E-state index contributed by atoms with van der Waals surface area (Å²) >= 11 is 0. The predicted molar refractivity (Wildman–Crippen MR) is 61.9 cm³/mol. The van der Waals surface area contributed by atoms with Crippen LogP contribution in [0.3, 0.4) is 0 Å². The highest BCUT2D eigenvalue weighted by atomic mass is 32.2. The van der Waals surface area contributed by atoms with Crippen molar-refractivity contribution in [3.05, 3.63) is 24.3 Å². The maximum Gasteiger partial charge on any atom is 0.303 e. The lowest BCUT2D eigenvalue weighted by atomic mass is 10.2. The van der Waals surface area contributed by atoms with Crippen LogP contribution in [-0.4, -0.2) is 40.0 Å². The molecule has 1 aliphatic heterocycles. The van der Waals surface area contributed by atoms with Crippen LogP contribution in [0.25, 0.3) is 0 Å². The van der Waals surface area contributed by atoms with Crippen LogP contribution in [0.4, 0.5) is 5.69 Å². The Morgan fingerprint density at radius 2 is 2.00 bits per heavy atom.